The Morgan fingerprint density at radius 2 is 1.66 bits per heavy atom. The molecule has 0 aromatic heterocycles. The highest BCUT2D eigenvalue weighted by atomic mass is 32.2. The Morgan fingerprint density at radius 3 is 2.38 bits per heavy atom. The molecule has 0 aliphatic rings. The molecule has 1 N–H and O–H groups in total. The molecular formula is C25H27NO2S. The van der Waals surface area contributed by atoms with Crippen LogP contribution >= 0.6 is 11.8 Å². The molecule has 4 heteroatoms. The fourth-order valence-electron chi connectivity index (χ4n) is 2.86. The number of amides is 1. The van der Waals surface area contributed by atoms with Gasteiger partial charge in [-0.3, -0.25) is 4.79 Å². The zero-order valence-electron chi connectivity index (χ0n) is 17.2. The topological polar surface area (TPSA) is 38.3 Å². The van der Waals surface area contributed by atoms with Crippen molar-refractivity contribution in [3.63, 3.8) is 0 Å². The van der Waals surface area contributed by atoms with E-state index < -0.39 is 0 Å². The summed E-state index contributed by atoms with van der Waals surface area (Å²) < 4.78 is 5.79. The second-order valence-electron chi connectivity index (χ2n) is 7.10. The lowest BCUT2D eigenvalue weighted by Gasteiger charge is -2.11. The number of hydrogen-bond donors (Lipinski definition) is 1. The van der Waals surface area contributed by atoms with Crippen molar-refractivity contribution in [1.29, 1.82) is 0 Å². The van der Waals surface area contributed by atoms with Gasteiger partial charge in [0.1, 0.15) is 12.4 Å². The lowest BCUT2D eigenvalue weighted by molar-refractivity contribution is 0.0947. The minimum Gasteiger partial charge on any atom is -0.491 e. The minimum absolute atomic E-state index is 0.0766. The number of ether oxygens (including phenoxy) is 1. The number of thioether (sulfide) groups is 1. The summed E-state index contributed by atoms with van der Waals surface area (Å²) in [5.74, 6) is 1.68. The van der Waals surface area contributed by atoms with Crippen molar-refractivity contribution in [1.82, 2.24) is 5.32 Å². The van der Waals surface area contributed by atoms with E-state index in [0.29, 0.717) is 18.7 Å². The fraction of sp³-hybridized carbons (Fsp3) is 0.240. The van der Waals surface area contributed by atoms with Crippen molar-refractivity contribution < 1.29 is 9.53 Å². The molecule has 3 nitrogen and oxygen atoms in total. The minimum atomic E-state index is -0.0766. The molecule has 3 aromatic carbocycles. The Bertz CT molecular complexity index is 950. The summed E-state index contributed by atoms with van der Waals surface area (Å²) >= 11 is 1.80. The summed E-state index contributed by atoms with van der Waals surface area (Å²) in [6, 6.07) is 22.3. The molecule has 3 aromatic rings. The van der Waals surface area contributed by atoms with Crippen LogP contribution < -0.4 is 10.1 Å². The van der Waals surface area contributed by atoms with Crippen LogP contribution in [-0.4, -0.2) is 19.1 Å². The third-order valence-corrected chi connectivity index (χ3v) is 5.93. The normalized spacial score (nSPS) is 10.6. The van der Waals surface area contributed by atoms with Crippen LogP contribution in [0.25, 0.3) is 0 Å². The van der Waals surface area contributed by atoms with Gasteiger partial charge in [0.25, 0.3) is 5.91 Å². The molecule has 0 saturated heterocycles. The van der Waals surface area contributed by atoms with Gasteiger partial charge in [-0.25, -0.2) is 0 Å². The average Bonchev–Trinajstić information content (AvgIpc) is 2.74. The van der Waals surface area contributed by atoms with Crippen LogP contribution in [0.1, 0.15) is 32.6 Å². The Labute approximate surface area is 177 Å². The van der Waals surface area contributed by atoms with Crippen molar-refractivity contribution in [2.75, 3.05) is 13.2 Å². The van der Waals surface area contributed by atoms with Gasteiger partial charge in [-0.2, -0.15) is 0 Å². The van der Waals surface area contributed by atoms with Crippen LogP contribution in [-0.2, 0) is 5.75 Å². The second kappa shape index (κ2) is 10.2. The SMILES string of the molecule is Cc1ccc(SCc2ccc(C(=O)NCCOc3cccc(C)c3C)cc2)cc1. The highest BCUT2D eigenvalue weighted by Crippen LogP contribution is 2.23. The van der Waals surface area contributed by atoms with E-state index in [1.165, 1.54) is 21.6 Å². The van der Waals surface area contributed by atoms with E-state index in [-0.39, 0.29) is 5.91 Å². The standard InChI is InChI=1S/C25H27NO2S/c1-18-7-13-23(14-8-18)29-17-21-9-11-22(12-10-21)25(27)26-15-16-28-24-6-4-5-19(2)20(24)3/h4-14H,15-17H2,1-3H3,(H,26,27). The number of aryl methyl sites for hydroxylation is 2. The summed E-state index contributed by atoms with van der Waals surface area (Å²) in [6.45, 7) is 7.11. The molecule has 0 radical (unpaired) electrons. The van der Waals surface area contributed by atoms with Gasteiger partial charge in [-0.1, -0.05) is 42.0 Å². The van der Waals surface area contributed by atoms with Gasteiger partial charge in [0, 0.05) is 16.2 Å². The number of carbonyl (C=O) groups is 1. The Balaban J connectivity index is 1.43. The van der Waals surface area contributed by atoms with E-state index >= 15 is 0 Å². The molecule has 29 heavy (non-hydrogen) atoms. The fourth-order valence-corrected chi connectivity index (χ4v) is 3.72. The van der Waals surface area contributed by atoms with E-state index in [4.69, 9.17) is 4.74 Å². The van der Waals surface area contributed by atoms with E-state index in [1.807, 2.05) is 43.3 Å². The summed E-state index contributed by atoms with van der Waals surface area (Å²) in [5.41, 5.74) is 5.47. The van der Waals surface area contributed by atoms with E-state index in [0.717, 1.165) is 17.1 Å². The van der Waals surface area contributed by atoms with Gasteiger partial charge >= 0.3 is 0 Å². The van der Waals surface area contributed by atoms with Gasteiger partial charge in [0.2, 0.25) is 0 Å². The van der Waals surface area contributed by atoms with Gasteiger partial charge in [-0.15, -0.1) is 11.8 Å². The number of nitrogens with one attached hydrogen (secondary N) is 1. The second-order valence-corrected chi connectivity index (χ2v) is 8.15. The highest BCUT2D eigenvalue weighted by Gasteiger charge is 2.06. The lowest BCUT2D eigenvalue weighted by Crippen LogP contribution is -2.28. The van der Waals surface area contributed by atoms with Crippen LogP contribution in [0.15, 0.2) is 71.6 Å². The monoisotopic (exact) mass is 405 g/mol. The lowest BCUT2D eigenvalue weighted by atomic mass is 10.1. The molecule has 0 aliphatic heterocycles. The molecule has 0 saturated carbocycles. The highest BCUT2D eigenvalue weighted by molar-refractivity contribution is 7.98. The van der Waals surface area contributed by atoms with Gasteiger partial charge < -0.3 is 10.1 Å². The predicted molar refractivity (Wildman–Crippen MR) is 121 cm³/mol. The van der Waals surface area contributed by atoms with Crippen LogP contribution in [0.5, 0.6) is 5.75 Å². The summed E-state index contributed by atoms with van der Waals surface area (Å²) in [5, 5.41) is 2.92. The van der Waals surface area contributed by atoms with E-state index in [9.17, 15) is 4.79 Å². The molecule has 150 valence electrons. The Hall–Kier alpha value is -2.72. The summed E-state index contributed by atoms with van der Waals surface area (Å²) in [6.07, 6.45) is 0. The zero-order valence-corrected chi connectivity index (χ0v) is 18.0. The smallest absolute Gasteiger partial charge is 0.251 e. The number of hydrogen-bond acceptors (Lipinski definition) is 3. The molecule has 0 unspecified atom stereocenters. The Kier molecular flexibility index (Phi) is 7.36. The van der Waals surface area contributed by atoms with Crippen molar-refractivity contribution in [2.45, 2.75) is 31.4 Å². The van der Waals surface area contributed by atoms with Crippen LogP contribution in [0.2, 0.25) is 0 Å². The molecule has 0 fully saturated rings. The van der Waals surface area contributed by atoms with Crippen molar-refractivity contribution in [3.05, 3.63) is 94.5 Å². The maximum Gasteiger partial charge on any atom is 0.251 e. The van der Waals surface area contributed by atoms with Crippen molar-refractivity contribution in [2.24, 2.45) is 0 Å². The quantitative estimate of drug-likeness (QED) is 0.385. The first kappa shape index (κ1) is 21.0. The number of carbonyl (C=O) groups excluding carboxylic acids is 1. The molecule has 3 rings (SSSR count). The maximum absolute atomic E-state index is 12.3. The zero-order chi connectivity index (χ0) is 20.6. The molecule has 0 spiro atoms. The number of rotatable bonds is 8. The Morgan fingerprint density at radius 1 is 0.931 bits per heavy atom. The van der Waals surface area contributed by atoms with Gasteiger partial charge in [-0.05, 0) is 67.8 Å². The molecule has 0 heterocycles. The van der Waals surface area contributed by atoms with Crippen LogP contribution in [0.4, 0.5) is 0 Å². The van der Waals surface area contributed by atoms with E-state index in [1.54, 1.807) is 11.8 Å². The molecular weight excluding hydrogens is 378 g/mol. The summed E-state index contributed by atoms with van der Waals surface area (Å²) in [7, 11) is 0. The maximum atomic E-state index is 12.3. The predicted octanol–water partition coefficient (Wildman–Crippen LogP) is 5.71. The van der Waals surface area contributed by atoms with Gasteiger partial charge in [0.15, 0.2) is 0 Å². The third-order valence-electron chi connectivity index (χ3n) is 4.84. The van der Waals surface area contributed by atoms with Crippen molar-refractivity contribution >= 4 is 17.7 Å². The summed E-state index contributed by atoms with van der Waals surface area (Å²) in [4.78, 5) is 13.6. The number of benzene rings is 3. The van der Waals surface area contributed by atoms with Gasteiger partial charge in [0.05, 0.1) is 6.54 Å². The molecule has 0 atom stereocenters. The van der Waals surface area contributed by atoms with Crippen LogP contribution in [0, 0.1) is 20.8 Å². The largest absolute Gasteiger partial charge is 0.491 e. The molecule has 0 aliphatic carbocycles. The third kappa shape index (κ3) is 6.13. The first-order chi connectivity index (χ1) is 14.0. The van der Waals surface area contributed by atoms with Crippen molar-refractivity contribution in [3.8, 4) is 5.75 Å². The van der Waals surface area contributed by atoms with Crippen LogP contribution in [0.3, 0.4) is 0 Å². The first-order valence-corrected chi connectivity index (χ1v) is 10.8. The molecule has 1 amide bonds. The first-order valence-electron chi connectivity index (χ1n) is 9.78. The molecule has 0 bridgehead atoms. The average molecular weight is 406 g/mol. The van der Waals surface area contributed by atoms with E-state index in [2.05, 4.69) is 49.5 Å².